The van der Waals surface area contributed by atoms with E-state index in [-0.39, 0.29) is 35.1 Å². The van der Waals surface area contributed by atoms with Gasteiger partial charge in [0.2, 0.25) is 0 Å². The fraction of sp³-hybridized carbons (Fsp3) is 0.652. The molecule has 8 heteroatoms. The van der Waals surface area contributed by atoms with Gasteiger partial charge < -0.3 is 10.1 Å². The van der Waals surface area contributed by atoms with E-state index in [1.165, 1.54) is 6.07 Å². The molecule has 1 saturated carbocycles. The summed E-state index contributed by atoms with van der Waals surface area (Å²) in [5.41, 5.74) is -0.944. The van der Waals surface area contributed by atoms with Gasteiger partial charge in [-0.15, -0.1) is 0 Å². The van der Waals surface area contributed by atoms with Crippen molar-refractivity contribution >= 4 is 17.5 Å². The first-order valence-electron chi connectivity index (χ1n) is 11.3. The molecule has 1 aromatic carbocycles. The summed E-state index contributed by atoms with van der Waals surface area (Å²) in [6.45, 7) is 9.44. The van der Waals surface area contributed by atoms with Crippen molar-refractivity contribution < 1.29 is 18.7 Å². The van der Waals surface area contributed by atoms with Crippen molar-refractivity contribution in [3.05, 3.63) is 23.5 Å². The Morgan fingerprint density at radius 2 is 2.00 bits per heavy atom. The number of halogens is 1. The van der Waals surface area contributed by atoms with E-state index in [1.807, 2.05) is 27.7 Å². The van der Waals surface area contributed by atoms with E-state index in [4.69, 9.17) is 4.74 Å². The van der Waals surface area contributed by atoms with Gasteiger partial charge in [-0.3, -0.25) is 9.59 Å². The van der Waals surface area contributed by atoms with Gasteiger partial charge in [-0.25, -0.2) is 4.39 Å². The summed E-state index contributed by atoms with van der Waals surface area (Å²) >= 11 is 0. The largest absolute Gasteiger partial charge is 0.490 e. The summed E-state index contributed by atoms with van der Waals surface area (Å²) in [4.78, 5) is 25.7. The Hall–Kier alpha value is -2.51. The average Bonchev–Trinajstić information content (AvgIpc) is 3.00. The third kappa shape index (κ3) is 4.57. The molecule has 0 saturated heterocycles. The first-order valence-corrected chi connectivity index (χ1v) is 11.3. The number of hydrogen-bond donors (Lipinski definition) is 1. The van der Waals surface area contributed by atoms with Gasteiger partial charge in [0, 0.05) is 12.1 Å². The number of carbonyl (C=O) groups is 2. The molecule has 1 heterocycles. The molecule has 31 heavy (non-hydrogen) atoms. The van der Waals surface area contributed by atoms with Crippen LogP contribution in [-0.4, -0.2) is 29.5 Å². The van der Waals surface area contributed by atoms with Crippen molar-refractivity contribution in [2.24, 2.45) is 16.3 Å². The number of ether oxygens (including phenoxy) is 1. The van der Waals surface area contributed by atoms with Gasteiger partial charge in [0.05, 0.1) is 11.7 Å². The van der Waals surface area contributed by atoms with Gasteiger partial charge in [0.1, 0.15) is 17.3 Å². The highest BCUT2D eigenvalue weighted by atomic mass is 19.1. The lowest BCUT2D eigenvalue weighted by Gasteiger charge is -2.32. The molecule has 3 rings (SSSR count). The zero-order valence-electron chi connectivity index (χ0n) is 19.1. The highest BCUT2D eigenvalue weighted by Gasteiger charge is 2.43. The van der Waals surface area contributed by atoms with Gasteiger partial charge in [-0.2, -0.15) is 10.1 Å². The lowest BCUT2D eigenvalue weighted by Crippen LogP contribution is -2.38. The van der Waals surface area contributed by atoms with E-state index in [2.05, 4.69) is 15.7 Å². The number of nitrogens with zero attached hydrogens (tertiary/aromatic N) is 3. The molecule has 1 aromatic rings. The Kier molecular flexibility index (Phi) is 6.96. The van der Waals surface area contributed by atoms with Crippen LogP contribution in [0, 0.1) is 11.7 Å². The second-order valence-electron chi connectivity index (χ2n) is 8.73. The standard InChI is InChI=1S/C23H33FN4O3/c1-6-16(7-2)25-21(29)17-12-18(24)19(28-22(30)23(5,8-3)26-27-28)13-20(17)31-14(4)15-10-9-11-15/h12-16H,6-11H2,1-5H3,(H,25,29). The second-order valence-corrected chi connectivity index (χ2v) is 8.73. The van der Waals surface area contributed by atoms with E-state index in [9.17, 15) is 9.59 Å². The van der Waals surface area contributed by atoms with Crippen LogP contribution in [0.3, 0.4) is 0 Å². The summed E-state index contributed by atoms with van der Waals surface area (Å²) in [5.74, 6) is -0.845. The minimum atomic E-state index is -1.02. The zero-order chi connectivity index (χ0) is 22.8. The molecule has 170 valence electrons. The molecule has 2 amide bonds. The molecule has 2 unspecified atom stereocenters. The summed E-state index contributed by atoms with van der Waals surface area (Å²) < 4.78 is 21.3. The molecular formula is C23H33FN4O3. The van der Waals surface area contributed by atoms with Crippen molar-refractivity contribution in [1.82, 2.24) is 5.32 Å². The highest BCUT2D eigenvalue weighted by Crippen LogP contribution is 2.38. The van der Waals surface area contributed by atoms with Gasteiger partial charge in [0.25, 0.3) is 11.8 Å². The molecule has 2 aliphatic rings. The number of nitrogens with one attached hydrogen (secondary N) is 1. The van der Waals surface area contributed by atoms with Gasteiger partial charge in [0.15, 0.2) is 5.54 Å². The molecule has 1 N–H and O–H groups in total. The van der Waals surface area contributed by atoms with E-state index >= 15 is 4.39 Å². The van der Waals surface area contributed by atoms with E-state index in [1.54, 1.807) is 6.92 Å². The van der Waals surface area contributed by atoms with Crippen molar-refractivity contribution in [2.45, 2.75) is 90.8 Å². The highest BCUT2D eigenvalue weighted by molar-refractivity contribution is 6.02. The summed E-state index contributed by atoms with van der Waals surface area (Å²) in [5, 5.41) is 11.9. The fourth-order valence-corrected chi connectivity index (χ4v) is 3.78. The number of anilines is 1. The zero-order valence-corrected chi connectivity index (χ0v) is 19.1. The Bertz CT molecular complexity index is 867. The molecule has 2 atom stereocenters. The minimum absolute atomic E-state index is 0.00800. The predicted octanol–water partition coefficient (Wildman–Crippen LogP) is 5.19. The third-order valence-electron chi connectivity index (χ3n) is 6.67. The quantitative estimate of drug-likeness (QED) is 0.582. The van der Waals surface area contributed by atoms with Crippen LogP contribution >= 0.6 is 0 Å². The molecule has 0 aromatic heterocycles. The predicted molar refractivity (Wildman–Crippen MR) is 117 cm³/mol. The molecule has 0 bridgehead atoms. The monoisotopic (exact) mass is 432 g/mol. The number of benzene rings is 1. The van der Waals surface area contributed by atoms with Crippen molar-refractivity contribution in [3.8, 4) is 5.75 Å². The molecule has 7 nitrogen and oxygen atoms in total. The maximum Gasteiger partial charge on any atom is 0.278 e. The number of rotatable bonds is 9. The first kappa shape index (κ1) is 23.2. The summed E-state index contributed by atoms with van der Waals surface area (Å²) in [6.07, 6.45) is 5.17. The smallest absolute Gasteiger partial charge is 0.278 e. The molecule has 1 aliphatic carbocycles. The maximum absolute atomic E-state index is 15.1. The molecule has 1 aliphatic heterocycles. The second kappa shape index (κ2) is 9.32. The Labute approximate surface area is 183 Å². The van der Waals surface area contributed by atoms with Crippen LogP contribution in [0.2, 0.25) is 0 Å². The van der Waals surface area contributed by atoms with Gasteiger partial charge in [-0.05, 0) is 57.9 Å². The number of amides is 2. The normalized spacial score (nSPS) is 22.0. The summed E-state index contributed by atoms with van der Waals surface area (Å²) in [6, 6.07) is 2.54. The first-order chi connectivity index (χ1) is 14.7. The molecule has 1 fully saturated rings. The summed E-state index contributed by atoms with van der Waals surface area (Å²) in [7, 11) is 0. The molecular weight excluding hydrogens is 399 g/mol. The van der Waals surface area contributed by atoms with E-state index in [0.717, 1.165) is 43.2 Å². The van der Waals surface area contributed by atoms with Gasteiger partial charge >= 0.3 is 0 Å². The Balaban J connectivity index is 1.97. The van der Waals surface area contributed by atoms with Crippen LogP contribution < -0.4 is 15.1 Å². The van der Waals surface area contributed by atoms with Crippen LogP contribution in [0.5, 0.6) is 5.75 Å². The minimum Gasteiger partial charge on any atom is -0.490 e. The number of carbonyl (C=O) groups excluding carboxylic acids is 2. The van der Waals surface area contributed by atoms with Gasteiger partial charge in [-0.1, -0.05) is 32.4 Å². The van der Waals surface area contributed by atoms with Crippen LogP contribution in [0.4, 0.5) is 10.1 Å². The fourth-order valence-electron chi connectivity index (χ4n) is 3.78. The topological polar surface area (TPSA) is 83.4 Å². The van der Waals surface area contributed by atoms with Crippen LogP contribution in [-0.2, 0) is 4.79 Å². The lowest BCUT2D eigenvalue weighted by atomic mass is 9.82. The van der Waals surface area contributed by atoms with Crippen molar-refractivity contribution in [1.29, 1.82) is 0 Å². The van der Waals surface area contributed by atoms with Crippen LogP contribution in [0.15, 0.2) is 22.5 Å². The van der Waals surface area contributed by atoms with Crippen molar-refractivity contribution in [2.75, 3.05) is 5.01 Å². The lowest BCUT2D eigenvalue weighted by molar-refractivity contribution is -0.121. The van der Waals surface area contributed by atoms with E-state index < -0.39 is 17.3 Å². The van der Waals surface area contributed by atoms with Crippen molar-refractivity contribution in [3.63, 3.8) is 0 Å². The Morgan fingerprint density at radius 3 is 2.52 bits per heavy atom. The van der Waals surface area contributed by atoms with Crippen LogP contribution in [0.1, 0.15) is 83.5 Å². The third-order valence-corrected chi connectivity index (χ3v) is 6.67. The van der Waals surface area contributed by atoms with Crippen LogP contribution in [0.25, 0.3) is 0 Å². The SMILES string of the molecule is CCC(CC)NC(=O)c1cc(F)c(N2N=NC(C)(CC)C2=O)cc1OC(C)C1CCC1. The van der Waals surface area contributed by atoms with E-state index in [0.29, 0.717) is 12.3 Å². The Morgan fingerprint density at radius 1 is 1.32 bits per heavy atom. The number of hydrogen-bond acceptors (Lipinski definition) is 5. The molecule has 0 spiro atoms. The maximum atomic E-state index is 15.1. The average molecular weight is 433 g/mol. The molecule has 0 radical (unpaired) electrons.